The van der Waals surface area contributed by atoms with E-state index in [9.17, 15) is 0 Å². The number of rotatable bonds is 8. The van der Waals surface area contributed by atoms with Crippen LogP contribution < -0.4 is 0 Å². The second-order valence-corrected chi connectivity index (χ2v) is 8.14. The van der Waals surface area contributed by atoms with E-state index in [1.165, 1.54) is 24.8 Å². The van der Waals surface area contributed by atoms with Gasteiger partial charge in [0.1, 0.15) is 5.67 Å². The Morgan fingerprint density at radius 3 is 2.30 bits per heavy atom. The first-order valence-electron chi connectivity index (χ1n) is 8.47. The summed E-state index contributed by atoms with van der Waals surface area (Å²) >= 11 is 0. The fourth-order valence-electron chi connectivity index (χ4n) is 4.19. The molecule has 20 heavy (non-hydrogen) atoms. The van der Waals surface area contributed by atoms with E-state index in [4.69, 9.17) is 0 Å². The third-order valence-electron chi connectivity index (χ3n) is 5.42. The molecule has 1 fully saturated rings. The number of hydrogen-bond donors (Lipinski definition) is 0. The molecule has 0 nitrogen and oxygen atoms in total. The van der Waals surface area contributed by atoms with Gasteiger partial charge in [0.2, 0.25) is 0 Å². The second kappa shape index (κ2) is 6.20. The normalized spacial score (nSPS) is 31.4. The van der Waals surface area contributed by atoms with Gasteiger partial charge in [0.25, 0.3) is 0 Å². The van der Waals surface area contributed by atoms with Crippen molar-refractivity contribution in [2.24, 2.45) is 16.7 Å². The van der Waals surface area contributed by atoms with E-state index in [1.54, 1.807) is 0 Å². The van der Waals surface area contributed by atoms with Gasteiger partial charge in [-0.1, -0.05) is 65.5 Å². The maximum Gasteiger partial charge on any atom is 0.109 e. The van der Waals surface area contributed by atoms with Gasteiger partial charge in [0, 0.05) is 0 Å². The van der Waals surface area contributed by atoms with Crippen molar-refractivity contribution in [2.75, 3.05) is 0 Å². The van der Waals surface area contributed by atoms with Crippen LogP contribution in [-0.2, 0) is 0 Å². The largest absolute Gasteiger partial charge is 0.244 e. The molecule has 1 rings (SSSR count). The molecule has 118 valence electrons. The number of alkyl halides is 1. The monoisotopic (exact) mass is 282 g/mol. The molecule has 3 atom stereocenters. The minimum Gasteiger partial charge on any atom is -0.244 e. The van der Waals surface area contributed by atoms with Crippen LogP contribution in [0.15, 0.2) is 11.6 Å². The van der Waals surface area contributed by atoms with Gasteiger partial charge in [-0.15, -0.1) is 0 Å². The summed E-state index contributed by atoms with van der Waals surface area (Å²) in [5, 5.41) is 0. The van der Waals surface area contributed by atoms with E-state index in [1.807, 2.05) is 6.92 Å². The Kier molecular flexibility index (Phi) is 5.49. The van der Waals surface area contributed by atoms with E-state index in [0.29, 0.717) is 18.8 Å². The van der Waals surface area contributed by atoms with Crippen molar-refractivity contribution in [1.82, 2.24) is 0 Å². The molecule has 1 saturated carbocycles. The lowest BCUT2D eigenvalue weighted by Crippen LogP contribution is -2.30. The zero-order valence-electron chi connectivity index (χ0n) is 14.8. The Labute approximate surface area is 126 Å². The van der Waals surface area contributed by atoms with Crippen molar-refractivity contribution in [3.63, 3.8) is 0 Å². The summed E-state index contributed by atoms with van der Waals surface area (Å²) < 4.78 is 15.1. The van der Waals surface area contributed by atoms with Gasteiger partial charge in [0.05, 0.1) is 0 Å². The Morgan fingerprint density at radius 1 is 1.25 bits per heavy atom. The minimum atomic E-state index is -1.05. The third-order valence-corrected chi connectivity index (χ3v) is 5.42. The highest BCUT2D eigenvalue weighted by Crippen LogP contribution is 2.65. The number of hydrogen-bond acceptors (Lipinski definition) is 0. The molecule has 3 unspecified atom stereocenters. The quantitative estimate of drug-likeness (QED) is 0.434. The van der Waals surface area contributed by atoms with Crippen LogP contribution in [-0.4, -0.2) is 5.67 Å². The van der Waals surface area contributed by atoms with Crippen LogP contribution in [0.4, 0.5) is 4.39 Å². The summed E-state index contributed by atoms with van der Waals surface area (Å²) in [4.78, 5) is 0. The molecule has 0 aliphatic heterocycles. The van der Waals surface area contributed by atoms with E-state index in [-0.39, 0.29) is 10.8 Å². The molecule has 0 aromatic carbocycles. The molecule has 1 heteroatoms. The van der Waals surface area contributed by atoms with Gasteiger partial charge in [-0.3, -0.25) is 0 Å². The number of halogens is 1. The molecular formula is C19H35F. The highest BCUT2D eigenvalue weighted by molar-refractivity contribution is 5.37. The van der Waals surface area contributed by atoms with Crippen molar-refractivity contribution < 1.29 is 4.39 Å². The summed E-state index contributed by atoms with van der Waals surface area (Å²) in [7, 11) is 0. The van der Waals surface area contributed by atoms with Crippen LogP contribution >= 0.6 is 0 Å². The molecule has 0 aromatic rings. The summed E-state index contributed by atoms with van der Waals surface area (Å²) in [6, 6.07) is 0. The van der Waals surface area contributed by atoms with Gasteiger partial charge in [-0.25, -0.2) is 4.39 Å². The van der Waals surface area contributed by atoms with Gasteiger partial charge in [-0.05, 0) is 49.9 Å². The fourth-order valence-corrected chi connectivity index (χ4v) is 4.19. The summed E-state index contributed by atoms with van der Waals surface area (Å²) in [5.74, 6) is 0.632. The number of allylic oxidation sites excluding steroid dienone is 2. The van der Waals surface area contributed by atoms with Gasteiger partial charge < -0.3 is 0 Å². The van der Waals surface area contributed by atoms with Crippen molar-refractivity contribution in [3.05, 3.63) is 11.6 Å². The van der Waals surface area contributed by atoms with E-state index < -0.39 is 5.67 Å². The van der Waals surface area contributed by atoms with Crippen LogP contribution in [0.25, 0.3) is 0 Å². The van der Waals surface area contributed by atoms with Crippen molar-refractivity contribution in [2.45, 2.75) is 92.7 Å². The topological polar surface area (TPSA) is 0 Å². The summed E-state index contributed by atoms with van der Waals surface area (Å²) in [6.07, 6.45) is 8.38. The Balaban J connectivity index is 2.71. The highest BCUT2D eigenvalue weighted by Gasteiger charge is 2.57. The van der Waals surface area contributed by atoms with Crippen molar-refractivity contribution >= 4 is 0 Å². The first-order valence-corrected chi connectivity index (χ1v) is 8.47. The van der Waals surface area contributed by atoms with Crippen molar-refractivity contribution in [1.29, 1.82) is 0 Å². The standard InChI is InChI=1S/C19H35F/c1-8-11-12-16-15(9-2)19(16,7)14-18(6,20)13-17(4,5)10-3/h9,16H,8,10-14H2,1-7H3/b15-9+. The first-order chi connectivity index (χ1) is 9.12. The van der Waals surface area contributed by atoms with Crippen LogP contribution in [0.1, 0.15) is 87.0 Å². The lowest BCUT2D eigenvalue weighted by Gasteiger charge is -2.33. The molecule has 1 aliphatic rings. The van der Waals surface area contributed by atoms with E-state index >= 15 is 4.39 Å². The summed E-state index contributed by atoms with van der Waals surface area (Å²) in [5.41, 5.74) is 0.675. The van der Waals surface area contributed by atoms with Gasteiger partial charge in [0.15, 0.2) is 0 Å². The predicted molar refractivity (Wildman–Crippen MR) is 87.7 cm³/mol. The van der Waals surface area contributed by atoms with Gasteiger partial charge in [-0.2, -0.15) is 0 Å². The zero-order chi connectivity index (χ0) is 15.6. The molecule has 1 aliphatic carbocycles. The molecule has 0 heterocycles. The molecule has 0 amide bonds. The average Bonchev–Trinajstić information content (AvgIpc) is 2.86. The molecule has 0 N–H and O–H groups in total. The minimum absolute atomic E-state index is 0.101. The van der Waals surface area contributed by atoms with Crippen LogP contribution in [0.3, 0.4) is 0 Å². The zero-order valence-corrected chi connectivity index (χ0v) is 14.8. The van der Waals surface area contributed by atoms with Crippen LogP contribution in [0.2, 0.25) is 0 Å². The van der Waals surface area contributed by atoms with Gasteiger partial charge >= 0.3 is 0 Å². The molecule has 0 bridgehead atoms. The van der Waals surface area contributed by atoms with E-state index in [0.717, 1.165) is 6.42 Å². The third kappa shape index (κ3) is 4.09. The molecular weight excluding hydrogens is 247 g/mol. The van der Waals surface area contributed by atoms with Crippen LogP contribution in [0.5, 0.6) is 0 Å². The van der Waals surface area contributed by atoms with Crippen LogP contribution in [0, 0.1) is 16.7 Å². The molecule has 0 radical (unpaired) electrons. The maximum atomic E-state index is 15.1. The van der Waals surface area contributed by atoms with E-state index in [2.05, 4.69) is 47.6 Å². The molecule has 0 aromatic heterocycles. The Bertz CT molecular complexity index is 351. The molecule has 0 saturated heterocycles. The fraction of sp³-hybridized carbons (Fsp3) is 0.895. The smallest absolute Gasteiger partial charge is 0.109 e. The molecule has 0 spiro atoms. The maximum absolute atomic E-state index is 15.1. The Morgan fingerprint density at radius 2 is 1.85 bits per heavy atom. The SMILES string of the molecule is C/C=C1\C(CCCC)C1(C)CC(C)(F)CC(C)(C)CC. The number of unbranched alkanes of at least 4 members (excludes halogenated alkanes) is 1. The van der Waals surface area contributed by atoms with Crippen molar-refractivity contribution in [3.8, 4) is 0 Å². The second-order valence-electron chi connectivity index (χ2n) is 8.14. The Hall–Kier alpha value is -0.330. The average molecular weight is 282 g/mol. The lowest BCUT2D eigenvalue weighted by atomic mass is 9.76. The lowest BCUT2D eigenvalue weighted by molar-refractivity contribution is 0.0758. The first kappa shape index (κ1) is 17.7. The predicted octanol–water partition coefficient (Wildman–Crippen LogP) is 6.70. The highest BCUT2D eigenvalue weighted by atomic mass is 19.1. The summed E-state index contributed by atoms with van der Waals surface area (Å²) in [6.45, 7) is 15.0.